The first kappa shape index (κ1) is 15.8. The first-order chi connectivity index (χ1) is 10.1. The molecular weight excluding hydrogens is 268 g/mol. The number of nitrogens with zero attached hydrogens (tertiary/aromatic N) is 1. The second-order valence-corrected chi connectivity index (χ2v) is 5.25. The molecule has 0 aromatic heterocycles. The lowest BCUT2D eigenvalue weighted by Gasteiger charge is -2.26. The van der Waals surface area contributed by atoms with Crippen LogP contribution in [0.25, 0.3) is 0 Å². The molecule has 1 aliphatic heterocycles. The number of hydrogen-bond acceptors (Lipinski definition) is 4. The van der Waals surface area contributed by atoms with E-state index in [2.05, 4.69) is 15.5 Å². The summed E-state index contributed by atoms with van der Waals surface area (Å²) in [6.07, 6.45) is 0. The Morgan fingerprint density at radius 2 is 2.19 bits per heavy atom. The van der Waals surface area contributed by atoms with Crippen LogP contribution in [0.3, 0.4) is 0 Å². The normalized spacial score (nSPS) is 17.2. The van der Waals surface area contributed by atoms with Crippen molar-refractivity contribution in [3.8, 4) is 0 Å². The standard InChI is InChI=1S/C15H24N4O2/c1-12(16)13-3-2-4-14(11-13)18-15(20)17-5-6-19-7-9-21-10-8-19/h2-4,11-12H,5-10,16H2,1H3,(H2,17,18,20). The molecule has 1 aromatic rings. The Hall–Kier alpha value is -1.63. The van der Waals surface area contributed by atoms with Crippen molar-refractivity contribution in [2.24, 2.45) is 5.73 Å². The number of carbonyl (C=O) groups excluding carboxylic acids is 1. The van der Waals surface area contributed by atoms with E-state index in [0.717, 1.165) is 44.1 Å². The molecule has 0 saturated carbocycles. The number of rotatable bonds is 5. The Morgan fingerprint density at radius 3 is 2.90 bits per heavy atom. The molecule has 0 radical (unpaired) electrons. The summed E-state index contributed by atoms with van der Waals surface area (Å²) in [5.41, 5.74) is 7.59. The van der Waals surface area contributed by atoms with Crippen molar-refractivity contribution in [2.45, 2.75) is 13.0 Å². The molecule has 4 N–H and O–H groups in total. The average Bonchev–Trinajstić information content (AvgIpc) is 2.48. The maximum absolute atomic E-state index is 11.8. The van der Waals surface area contributed by atoms with Gasteiger partial charge in [0.2, 0.25) is 0 Å². The molecule has 1 aromatic carbocycles. The lowest BCUT2D eigenvalue weighted by Crippen LogP contribution is -2.42. The van der Waals surface area contributed by atoms with Gasteiger partial charge in [0.05, 0.1) is 13.2 Å². The number of morpholine rings is 1. The molecule has 0 aliphatic carbocycles. The molecule has 6 nitrogen and oxygen atoms in total. The maximum atomic E-state index is 11.8. The number of carbonyl (C=O) groups is 1. The van der Waals surface area contributed by atoms with Crippen LogP contribution >= 0.6 is 0 Å². The minimum Gasteiger partial charge on any atom is -0.379 e. The zero-order chi connectivity index (χ0) is 15.1. The van der Waals surface area contributed by atoms with Gasteiger partial charge in [0.1, 0.15) is 0 Å². The number of amides is 2. The van der Waals surface area contributed by atoms with Crippen LogP contribution in [0.15, 0.2) is 24.3 Å². The lowest BCUT2D eigenvalue weighted by molar-refractivity contribution is 0.0388. The molecule has 116 valence electrons. The van der Waals surface area contributed by atoms with Gasteiger partial charge >= 0.3 is 6.03 Å². The molecule has 1 atom stereocenters. The largest absolute Gasteiger partial charge is 0.379 e. The van der Waals surface area contributed by atoms with E-state index in [1.165, 1.54) is 0 Å². The quantitative estimate of drug-likeness (QED) is 0.761. The summed E-state index contributed by atoms with van der Waals surface area (Å²) in [4.78, 5) is 14.1. The van der Waals surface area contributed by atoms with Gasteiger partial charge in [-0.2, -0.15) is 0 Å². The molecule has 1 heterocycles. The number of nitrogens with two attached hydrogens (primary N) is 1. The van der Waals surface area contributed by atoms with Crippen molar-refractivity contribution in [1.29, 1.82) is 0 Å². The van der Waals surface area contributed by atoms with Gasteiger partial charge in [0, 0.05) is 37.9 Å². The van der Waals surface area contributed by atoms with Crippen molar-refractivity contribution in [3.05, 3.63) is 29.8 Å². The summed E-state index contributed by atoms with van der Waals surface area (Å²) in [5.74, 6) is 0. The Kier molecular flexibility index (Phi) is 5.98. The first-order valence-electron chi connectivity index (χ1n) is 7.35. The molecule has 2 rings (SSSR count). The zero-order valence-corrected chi connectivity index (χ0v) is 12.5. The van der Waals surface area contributed by atoms with Crippen LogP contribution in [0.5, 0.6) is 0 Å². The predicted octanol–water partition coefficient (Wildman–Crippen LogP) is 1.16. The van der Waals surface area contributed by atoms with E-state index in [1.54, 1.807) is 0 Å². The van der Waals surface area contributed by atoms with Crippen molar-refractivity contribution in [3.63, 3.8) is 0 Å². The van der Waals surface area contributed by atoms with Crippen LogP contribution in [0.2, 0.25) is 0 Å². The summed E-state index contributed by atoms with van der Waals surface area (Å²) in [5, 5.41) is 5.69. The Morgan fingerprint density at radius 1 is 1.43 bits per heavy atom. The molecule has 0 bridgehead atoms. The van der Waals surface area contributed by atoms with Crippen molar-refractivity contribution in [1.82, 2.24) is 10.2 Å². The lowest BCUT2D eigenvalue weighted by atomic mass is 10.1. The van der Waals surface area contributed by atoms with E-state index in [0.29, 0.717) is 6.54 Å². The minimum atomic E-state index is -0.190. The Balaban J connectivity index is 1.72. The molecule has 1 unspecified atom stereocenters. The fraction of sp³-hybridized carbons (Fsp3) is 0.533. The summed E-state index contributed by atoms with van der Waals surface area (Å²) in [6, 6.07) is 7.36. The topological polar surface area (TPSA) is 79.6 Å². The third-order valence-electron chi connectivity index (χ3n) is 3.49. The van der Waals surface area contributed by atoms with Crippen LogP contribution in [-0.4, -0.2) is 50.3 Å². The van der Waals surface area contributed by atoms with E-state index in [-0.39, 0.29) is 12.1 Å². The molecule has 1 fully saturated rings. The fourth-order valence-electron chi connectivity index (χ4n) is 2.23. The number of hydrogen-bond donors (Lipinski definition) is 3. The first-order valence-corrected chi connectivity index (χ1v) is 7.35. The average molecular weight is 292 g/mol. The van der Waals surface area contributed by atoms with E-state index in [4.69, 9.17) is 10.5 Å². The van der Waals surface area contributed by atoms with Gasteiger partial charge in [-0.1, -0.05) is 12.1 Å². The summed E-state index contributed by atoms with van der Waals surface area (Å²) in [6.45, 7) is 6.79. The van der Waals surface area contributed by atoms with Gasteiger partial charge in [0.25, 0.3) is 0 Å². The Bertz CT molecular complexity index is 459. The molecular formula is C15H24N4O2. The number of urea groups is 1. The minimum absolute atomic E-state index is 0.0452. The second-order valence-electron chi connectivity index (χ2n) is 5.25. The highest BCUT2D eigenvalue weighted by atomic mass is 16.5. The van der Waals surface area contributed by atoms with Gasteiger partial charge in [-0.15, -0.1) is 0 Å². The van der Waals surface area contributed by atoms with Gasteiger partial charge in [-0.3, -0.25) is 4.90 Å². The highest BCUT2D eigenvalue weighted by Gasteiger charge is 2.10. The van der Waals surface area contributed by atoms with Gasteiger partial charge in [-0.05, 0) is 24.6 Å². The maximum Gasteiger partial charge on any atom is 0.319 e. The summed E-state index contributed by atoms with van der Waals surface area (Å²) >= 11 is 0. The number of nitrogens with one attached hydrogen (secondary N) is 2. The van der Waals surface area contributed by atoms with Crippen LogP contribution in [-0.2, 0) is 4.74 Å². The third kappa shape index (κ3) is 5.34. The molecule has 21 heavy (non-hydrogen) atoms. The predicted molar refractivity (Wildman–Crippen MR) is 83.3 cm³/mol. The van der Waals surface area contributed by atoms with E-state index in [1.807, 2.05) is 31.2 Å². The van der Waals surface area contributed by atoms with E-state index >= 15 is 0 Å². The fourth-order valence-corrected chi connectivity index (χ4v) is 2.23. The van der Waals surface area contributed by atoms with E-state index in [9.17, 15) is 4.79 Å². The highest BCUT2D eigenvalue weighted by molar-refractivity contribution is 5.89. The molecule has 1 aliphatic rings. The van der Waals surface area contributed by atoms with Crippen molar-refractivity contribution in [2.75, 3.05) is 44.7 Å². The zero-order valence-electron chi connectivity index (χ0n) is 12.5. The summed E-state index contributed by atoms with van der Waals surface area (Å²) < 4.78 is 5.29. The van der Waals surface area contributed by atoms with E-state index < -0.39 is 0 Å². The number of ether oxygens (including phenoxy) is 1. The molecule has 6 heteroatoms. The monoisotopic (exact) mass is 292 g/mol. The van der Waals surface area contributed by atoms with Gasteiger partial charge < -0.3 is 21.1 Å². The molecule has 0 spiro atoms. The second kappa shape index (κ2) is 7.97. The van der Waals surface area contributed by atoms with Crippen molar-refractivity contribution < 1.29 is 9.53 Å². The van der Waals surface area contributed by atoms with Gasteiger partial charge in [0.15, 0.2) is 0 Å². The van der Waals surface area contributed by atoms with Crippen LogP contribution < -0.4 is 16.4 Å². The number of benzene rings is 1. The van der Waals surface area contributed by atoms with Crippen molar-refractivity contribution >= 4 is 11.7 Å². The smallest absolute Gasteiger partial charge is 0.319 e. The number of anilines is 1. The highest BCUT2D eigenvalue weighted by Crippen LogP contribution is 2.15. The molecule has 1 saturated heterocycles. The molecule has 2 amide bonds. The summed E-state index contributed by atoms with van der Waals surface area (Å²) in [7, 11) is 0. The Labute approximate surface area is 125 Å². The SMILES string of the molecule is CC(N)c1cccc(NC(=O)NCCN2CCOCC2)c1. The van der Waals surface area contributed by atoms with Crippen LogP contribution in [0.1, 0.15) is 18.5 Å². The van der Waals surface area contributed by atoms with Crippen LogP contribution in [0, 0.1) is 0 Å². The van der Waals surface area contributed by atoms with Gasteiger partial charge in [-0.25, -0.2) is 4.79 Å². The third-order valence-corrected chi connectivity index (χ3v) is 3.49. The van der Waals surface area contributed by atoms with Crippen LogP contribution in [0.4, 0.5) is 10.5 Å².